The van der Waals surface area contributed by atoms with Gasteiger partial charge >= 0.3 is 18.3 Å². The minimum Gasteiger partial charge on any atom is -0.466 e. The molecule has 1 aromatic rings. The van der Waals surface area contributed by atoms with Crippen LogP contribution in [-0.4, -0.2) is 32.5 Å². The van der Waals surface area contributed by atoms with Gasteiger partial charge in [-0.2, -0.15) is 0 Å². The second-order valence-corrected chi connectivity index (χ2v) is 3.74. The first-order valence-electron chi connectivity index (χ1n) is 5.76. The third-order valence-corrected chi connectivity index (χ3v) is 2.25. The van der Waals surface area contributed by atoms with Crippen molar-refractivity contribution in [3.05, 3.63) is 36.0 Å². The first-order chi connectivity index (χ1) is 10.3. The zero-order chi connectivity index (χ0) is 16.8. The number of para-hydroxylation sites is 2. The van der Waals surface area contributed by atoms with E-state index in [0.29, 0.717) is 0 Å². The van der Waals surface area contributed by atoms with Crippen LogP contribution in [0.4, 0.5) is 18.9 Å². The number of carbonyl (C=O) groups excluding carboxylic acids is 2. The van der Waals surface area contributed by atoms with Crippen LogP contribution in [0.1, 0.15) is 0 Å². The van der Waals surface area contributed by atoms with Gasteiger partial charge in [-0.3, -0.25) is 0 Å². The van der Waals surface area contributed by atoms with Crippen molar-refractivity contribution in [1.29, 1.82) is 0 Å². The van der Waals surface area contributed by atoms with Crippen molar-refractivity contribution in [2.75, 3.05) is 19.5 Å². The van der Waals surface area contributed by atoms with E-state index in [1.54, 1.807) is 0 Å². The number of carbonyl (C=O) groups is 2. The van der Waals surface area contributed by atoms with E-state index < -0.39 is 29.7 Å². The molecular formula is C13H12F3NO5. The van der Waals surface area contributed by atoms with Crippen LogP contribution in [-0.2, 0) is 19.1 Å². The minimum absolute atomic E-state index is 0.180. The van der Waals surface area contributed by atoms with Crippen LogP contribution in [0, 0.1) is 0 Å². The molecule has 0 aromatic heterocycles. The number of nitrogens with one attached hydrogen (secondary N) is 1. The Hall–Kier alpha value is -2.71. The molecule has 1 rings (SSSR count). The summed E-state index contributed by atoms with van der Waals surface area (Å²) in [6.07, 6.45) is -4.16. The number of hydrogen-bond acceptors (Lipinski definition) is 6. The average molecular weight is 319 g/mol. The highest BCUT2D eigenvalue weighted by atomic mass is 19.4. The first kappa shape index (κ1) is 17.3. The fourth-order valence-corrected chi connectivity index (χ4v) is 1.36. The van der Waals surface area contributed by atoms with Gasteiger partial charge in [0.2, 0.25) is 0 Å². The van der Waals surface area contributed by atoms with Gasteiger partial charge in [-0.25, -0.2) is 9.59 Å². The number of rotatable bonds is 5. The van der Waals surface area contributed by atoms with Crippen LogP contribution < -0.4 is 10.1 Å². The normalized spacial score (nSPS) is 11.6. The van der Waals surface area contributed by atoms with Crippen molar-refractivity contribution in [3.8, 4) is 5.75 Å². The molecule has 0 radical (unpaired) electrons. The molecule has 0 bridgehead atoms. The summed E-state index contributed by atoms with van der Waals surface area (Å²) in [5.74, 6) is -2.43. The fraction of sp³-hybridized carbons (Fsp3) is 0.231. The summed E-state index contributed by atoms with van der Waals surface area (Å²) in [6.45, 7) is 0. The quantitative estimate of drug-likeness (QED) is 0.663. The zero-order valence-corrected chi connectivity index (χ0v) is 11.6. The van der Waals surface area contributed by atoms with Crippen molar-refractivity contribution in [1.82, 2.24) is 0 Å². The lowest BCUT2D eigenvalue weighted by atomic mass is 10.2. The van der Waals surface area contributed by atoms with Gasteiger partial charge in [0.25, 0.3) is 0 Å². The largest absolute Gasteiger partial charge is 0.573 e. The molecule has 0 amide bonds. The van der Waals surface area contributed by atoms with E-state index in [9.17, 15) is 22.8 Å². The van der Waals surface area contributed by atoms with Gasteiger partial charge in [0.1, 0.15) is 5.70 Å². The Balaban J connectivity index is 3.11. The van der Waals surface area contributed by atoms with Crippen LogP contribution in [0.3, 0.4) is 0 Å². The molecule has 0 unspecified atom stereocenters. The van der Waals surface area contributed by atoms with E-state index in [4.69, 9.17) is 0 Å². The Labute approximate surface area is 123 Å². The predicted molar refractivity (Wildman–Crippen MR) is 68.9 cm³/mol. The number of alkyl halides is 3. The lowest BCUT2D eigenvalue weighted by molar-refractivity contribution is -0.274. The van der Waals surface area contributed by atoms with Gasteiger partial charge in [0, 0.05) is 0 Å². The maximum Gasteiger partial charge on any atom is 0.573 e. The molecule has 0 saturated carbocycles. The summed E-state index contributed by atoms with van der Waals surface area (Å²) in [6, 6.07) is 5.00. The number of hydrogen-bond donors (Lipinski definition) is 1. The maximum atomic E-state index is 12.3. The zero-order valence-electron chi connectivity index (χ0n) is 11.6. The van der Waals surface area contributed by atoms with E-state index in [2.05, 4.69) is 19.5 Å². The summed E-state index contributed by atoms with van der Waals surface area (Å²) in [5, 5.41) is 2.35. The Morgan fingerprint density at radius 1 is 1.14 bits per heavy atom. The molecule has 6 nitrogen and oxygen atoms in total. The van der Waals surface area contributed by atoms with Gasteiger partial charge < -0.3 is 19.5 Å². The lowest BCUT2D eigenvalue weighted by Crippen LogP contribution is -2.20. The number of ether oxygens (including phenoxy) is 3. The first-order valence-corrected chi connectivity index (χ1v) is 5.76. The SMILES string of the molecule is COC(=O)/C=C(/Nc1ccccc1OC(F)(F)F)C(=O)OC. The molecule has 0 aliphatic rings. The van der Waals surface area contributed by atoms with Gasteiger partial charge in [-0.1, -0.05) is 12.1 Å². The molecule has 0 heterocycles. The number of halogens is 3. The molecule has 22 heavy (non-hydrogen) atoms. The number of methoxy groups -OCH3 is 2. The Kier molecular flexibility index (Phi) is 5.79. The van der Waals surface area contributed by atoms with Crippen molar-refractivity contribution >= 4 is 17.6 Å². The number of benzene rings is 1. The summed E-state index contributed by atoms with van der Waals surface area (Å²) in [5.41, 5.74) is -0.590. The minimum atomic E-state index is -4.91. The highest BCUT2D eigenvalue weighted by Gasteiger charge is 2.32. The number of esters is 2. The molecule has 120 valence electrons. The van der Waals surface area contributed by atoms with Gasteiger partial charge in [0.15, 0.2) is 5.75 Å². The van der Waals surface area contributed by atoms with Crippen LogP contribution in [0.2, 0.25) is 0 Å². The molecule has 0 spiro atoms. The molecule has 0 saturated heterocycles. The molecule has 0 aliphatic heterocycles. The maximum absolute atomic E-state index is 12.3. The standard InChI is InChI=1S/C13H12F3NO5/c1-20-11(18)7-9(12(19)21-2)17-8-5-3-4-6-10(8)22-13(14,15)16/h3-7,17H,1-2H3/b9-7+. The van der Waals surface area contributed by atoms with Crippen molar-refractivity contribution in [3.63, 3.8) is 0 Å². The van der Waals surface area contributed by atoms with Crippen molar-refractivity contribution in [2.24, 2.45) is 0 Å². The smallest absolute Gasteiger partial charge is 0.466 e. The van der Waals surface area contributed by atoms with Crippen molar-refractivity contribution < 1.29 is 37.0 Å². The summed E-state index contributed by atoms with van der Waals surface area (Å²) >= 11 is 0. The monoisotopic (exact) mass is 319 g/mol. The van der Waals surface area contributed by atoms with E-state index in [1.165, 1.54) is 18.2 Å². The van der Waals surface area contributed by atoms with Gasteiger partial charge in [-0.15, -0.1) is 13.2 Å². The second kappa shape index (κ2) is 7.34. The molecule has 1 N–H and O–H groups in total. The van der Waals surface area contributed by atoms with Gasteiger partial charge in [0.05, 0.1) is 26.0 Å². The highest BCUT2D eigenvalue weighted by molar-refractivity contribution is 5.99. The molecule has 1 aromatic carbocycles. The molecular weight excluding hydrogens is 307 g/mol. The third kappa shape index (κ3) is 5.35. The Bertz CT molecular complexity index is 583. The van der Waals surface area contributed by atoms with E-state index in [1.807, 2.05) is 0 Å². The Morgan fingerprint density at radius 3 is 2.32 bits per heavy atom. The summed E-state index contributed by atoms with van der Waals surface area (Å²) in [7, 11) is 2.13. The predicted octanol–water partition coefficient (Wildman–Crippen LogP) is 2.23. The van der Waals surface area contributed by atoms with E-state index in [-0.39, 0.29) is 5.69 Å². The molecule has 0 atom stereocenters. The van der Waals surface area contributed by atoms with Crippen LogP contribution in [0.25, 0.3) is 0 Å². The second-order valence-electron chi connectivity index (χ2n) is 3.74. The molecule has 0 fully saturated rings. The lowest BCUT2D eigenvalue weighted by Gasteiger charge is -2.15. The van der Waals surface area contributed by atoms with E-state index >= 15 is 0 Å². The fourth-order valence-electron chi connectivity index (χ4n) is 1.36. The van der Waals surface area contributed by atoms with Crippen LogP contribution >= 0.6 is 0 Å². The van der Waals surface area contributed by atoms with Crippen LogP contribution in [0.15, 0.2) is 36.0 Å². The van der Waals surface area contributed by atoms with Crippen molar-refractivity contribution in [2.45, 2.75) is 6.36 Å². The summed E-state index contributed by atoms with van der Waals surface area (Å²) < 4.78 is 49.6. The topological polar surface area (TPSA) is 73.9 Å². The Morgan fingerprint density at radius 2 is 1.77 bits per heavy atom. The van der Waals surface area contributed by atoms with E-state index in [0.717, 1.165) is 26.4 Å². The molecule has 0 aliphatic carbocycles. The number of anilines is 1. The molecule has 9 heteroatoms. The summed E-state index contributed by atoms with van der Waals surface area (Å²) in [4.78, 5) is 22.7. The van der Waals surface area contributed by atoms with Gasteiger partial charge in [-0.05, 0) is 12.1 Å². The average Bonchev–Trinajstić information content (AvgIpc) is 2.45. The highest BCUT2D eigenvalue weighted by Crippen LogP contribution is 2.30. The van der Waals surface area contributed by atoms with Crippen LogP contribution in [0.5, 0.6) is 5.75 Å². The third-order valence-electron chi connectivity index (χ3n) is 2.25.